The van der Waals surface area contributed by atoms with Gasteiger partial charge in [0.05, 0.1) is 21.6 Å². The highest BCUT2D eigenvalue weighted by molar-refractivity contribution is 8.00. The van der Waals surface area contributed by atoms with Gasteiger partial charge in [-0.15, -0.1) is 0 Å². The van der Waals surface area contributed by atoms with E-state index in [-0.39, 0.29) is 22.8 Å². The first-order valence-electron chi connectivity index (χ1n) is 14.5. The second-order valence-corrected chi connectivity index (χ2v) is 13.3. The van der Waals surface area contributed by atoms with Crippen molar-refractivity contribution in [1.29, 1.82) is 0 Å². The number of benzene rings is 3. The monoisotopic (exact) mass is 677 g/mol. The van der Waals surface area contributed by atoms with E-state index >= 15 is 0 Å². The lowest BCUT2D eigenvalue weighted by Gasteiger charge is -2.31. The van der Waals surface area contributed by atoms with Gasteiger partial charge >= 0.3 is 4.87 Å². The van der Waals surface area contributed by atoms with Gasteiger partial charge in [-0.3, -0.25) is 33.9 Å². The molecule has 3 unspecified atom stereocenters. The average molecular weight is 678 g/mol. The van der Waals surface area contributed by atoms with Gasteiger partial charge in [-0.25, -0.2) is 4.90 Å². The van der Waals surface area contributed by atoms with Gasteiger partial charge in [0.25, 0.3) is 5.69 Å². The molecule has 2 aliphatic heterocycles. The quantitative estimate of drug-likeness (QED) is 0.134. The molecule has 0 bridgehead atoms. The van der Waals surface area contributed by atoms with Crippen LogP contribution < -0.4 is 20.0 Å². The van der Waals surface area contributed by atoms with Crippen LogP contribution in [0.5, 0.6) is 0 Å². The Labute approximate surface area is 276 Å². The number of rotatable bonds is 9. The second kappa shape index (κ2) is 12.7. The fraction of sp³-hybridized carbons (Fsp3) is 0.250. The number of aromatic nitrogens is 1. The zero-order valence-electron chi connectivity index (χ0n) is 24.7. The largest absolute Gasteiger partial charge is 0.372 e. The lowest BCUT2D eigenvalue weighted by molar-refractivity contribution is -0.384. The molecule has 1 fully saturated rings. The third kappa shape index (κ3) is 5.70. The lowest BCUT2D eigenvalue weighted by atomic mass is 9.83. The average Bonchev–Trinajstić information content (AvgIpc) is 3.49. The summed E-state index contributed by atoms with van der Waals surface area (Å²) in [5.74, 6) is -2.85. The predicted molar refractivity (Wildman–Crippen MR) is 179 cm³/mol. The molecule has 2 aliphatic rings. The van der Waals surface area contributed by atoms with E-state index in [9.17, 15) is 29.3 Å². The number of carbonyl (C=O) groups is 3. The Kier molecular flexibility index (Phi) is 8.73. The summed E-state index contributed by atoms with van der Waals surface area (Å²) in [4.78, 5) is 68.7. The standard InChI is InChI=1S/C32H28ClN5O6S2/c1-3-35(4-2)21-11-5-18(6-12-21)25-26-27(30(41)37(29(26)40)22-13-15-23(16-14-22)38(43)44)45-31-28(25)46-32(42)36(31)17-24(39)34-20-9-7-19(33)8-10-20/h5-16,25-27H,3-4,17H2,1-2H3,(H,34,39). The Morgan fingerprint density at radius 1 is 0.957 bits per heavy atom. The maximum absolute atomic E-state index is 14.1. The number of amides is 3. The van der Waals surface area contributed by atoms with Crippen molar-refractivity contribution in [2.75, 3.05) is 28.2 Å². The number of nitrogens with zero attached hydrogens (tertiary/aromatic N) is 4. The van der Waals surface area contributed by atoms with Crippen LogP contribution in [-0.4, -0.2) is 45.6 Å². The van der Waals surface area contributed by atoms with E-state index in [0.717, 1.165) is 52.3 Å². The number of halogens is 1. The van der Waals surface area contributed by atoms with Crippen molar-refractivity contribution < 1.29 is 19.3 Å². The molecule has 3 amide bonds. The number of hydrogen-bond acceptors (Lipinski definition) is 9. The molecule has 0 aliphatic carbocycles. The first kappa shape index (κ1) is 31.5. The second-order valence-electron chi connectivity index (χ2n) is 10.8. The van der Waals surface area contributed by atoms with Gasteiger partial charge in [-0.1, -0.05) is 46.8 Å². The minimum Gasteiger partial charge on any atom is -0.372 e. The van der Waals surface area contributed by atoms with E-state index in [2.05, 4.69) is 24.1 Å². The molecule has 3 atom stereocenters. The van der Waals surface area contributed by atoms with Crippen LogP contribution in [0.1, 0.15) is 30.2 Å². The zero-order chi connectivity index (χ0) is 32.7. The molecule has 0 saturated carbocycles. The Morgan fingerprint density at radius 2 is 1.61 bits per heavy atom. The number of anilines is 3. The maximum Gasteiger partial charge on any atom is 0.308 e. The molecule has 11 nitrogen and oxygen atoms in total. The van der Waals surface area contributed by atoms with Gasteiger partial charge in [0.1, 0.15) is 11.8 Å². The van der Waals surface area contributed by atoms with Crippen LogP contribution in [0.2, 0.25) is 5.02 Å². The number of imide groups is 1. The summed E-state index contributed by atoms with van der Waals surface area (Å²) >= 11 is 8.03. The van der Waals surface area contributed by atoms with E-state index < -0.39 is 39.7 Å². The predicted octanol–water partition coefficient (Wildman–Crippen LogP) is 5.75. The number of fused-ring (bicyclic) bond motifs is 2. The van der Waals surface area contributed by atoms with Gasteiger partial charge in [0.15, 0.2) is 0 Å². The van der Waals surface area contributed by atoms with Crippen molar-refractivity contribution >= 4 is 75.2 Å². The van der Waals surface area contributed by atoms with Crippen molar-refractivity contribution in [2.24, 2.45) is 5.92 Å². The van der Waals surface area contributed by atoms with Crippen molar-refractivity contribution in [3.05, 3.63) is 108 Å². The Morgan fingerprint density at radius 3 is 2.22 bits per heavy atom. The molecule has 3 heterocycles. The summed E-state index contributed by atoms with van der Waals surface area (Å²) in [7, 11) is 0. The number of nitrogens with one attached hydrogen (secondary N) is 1. The lowest BCUT2D eigenvalue weighted by Crippen LogP contribution is -2.33. The number of thiazole rings is 1. The number of nitro benzene ring substituents is 1. The first-order chi connectivity index (χ1) is 22.1. The van der Waals surface area contributed by atoms with Crippen molar-refractivity contribution in [2.45, 2.75) is 36.6 Å². The fourth-order valence-corrected chi connectivity index (χ4v) is 8.85. The SMILES string of the molecule is CCN(CC)c1ccc(C2c3sc(=O)n(CC(=O)Nc4ccc(Cl)cc4)c3SC3C(=O)N(c4ccc([N+](=O)[O-])cc4)C(=O)C32)cc1. The molecular formula is C32H28ClN5O6S2. The summed E-state index contributed by atoms with van der Waals surface area (Å²) in [5, 5.41) is 14.1. The highest BCUT2D eigenvalue weighted by atomic mass is 35.5. The van der Waals surface area contributed by atoms with E-state index in [1.165, 1.54) is 28.8 Å². The minimum atomic E-state index is -0.887. The van der Waals surface area contributed by atoms with Crippen LogP contribution in [0.15, 0.2) is 82.6 Å². The van der Waals surface area contributed by atoms with Crippen molar-refractivity contribution in [3.8, 4) is 0 Å². The normalized spacial score (nSPS) is 18.7. The molecule has 4 aromatic rings. The molecule has 6 rings (SSSR count). The number of nitro groups is 1. The van der Waals surface area contributed by atoms with Gasteiger partial charge in [-0.2, -0.15) is 0 Å². The van der Waals surface area contributed by atoms with Crippen molar-refractivity contribution in [1.82, 2.24) is 4.57 Å². The molecule has 0 spiro atoms. The molecule has 0 radical (unpaired) electrons. The van der Waals surface area contributed by atoms with Crippen LogP contribution in [0.3, 0.4) is 0 Å². The summed E-state index contributed by atoms with van der Waals surface area (Å²) in [6, 6.07) is 19.6. The third-order valence-corrected chi connectivity index (χ3v) is 11.0. The van der Waals surface area contributed by atoms with Crippen LogP contribution in [-0.2, 0) is 20.9 Å². The molecule has 3 aromatic carbocycles. The number of thioether (sulfide) groups is 1. The van der Waals surface area contributed by atoms with Gasteiger partial charge < -0.3 is 10.2 Å². The van der Waals surface area contributed by atoms with Crippen molar-refractivity contribution in [3.63, 3.8) is 0 Å². The fourth-order valence-electron chi connectivity index (χ4n) is 5.95. The van der Waals surface area contributed by atoms with Crippen LogP contribution in [0, 0.1) is 16.0 Å². The summed E-state index contributed by atoms with van der Waals surface area (Å²) in [6.45, 7) is 5.45. The van der Waals surface area contributed by atoms with E-state index in [4.69, 9.17) is 11.6 Å². The maximum atomic E-state index is 14.1. The highest BCUT2D eigenvalue weighted by Gasteiger charge is 2.56. The molecule has 1 aromatic heterocycles. The molecule has 1 N–H and O–H groups in total. The van der Waals surface area contributed by atoms with Gasteiger partial charge in [0, 0.05) is 52.4 Å². The summed E-state index contributed by atoms with van der Waals surface area (Å²) in [6.07, 6.45) is 0. The van der Waals surface area contributed by atoms with E-state index in [1.807, 2.05) is 24.3 Å². The Bertz CT molecular complexity index is 1890. The first-order valence-corrected chi connectivity index (χ1v) is 16.6. The minimum absolute atomic E-state index is 0.163. The molecule has 1 saturated heterocycles. The Balaban J connectivity index is 1.40. The Hall–Kier alpha value is -4.46. The summed E-state index contributed by atoms with van der Waals surface area (Å²) < 4.78 is 1.36. The van der Waals surface area contributed by atoms with E-state index in [0.29, 0.717) is 20.6 Å². The molecule has 14 heteroatoms. The topological polar surface area (TPSA) is 135 Å². The van der Waals surface area contributed by atoms with Crippen LogP contribution in [0.4, 0.5) is 22.7 Å². The smallest absolute Gasteiger partial charge is 0.308 e. The zero-order valence-corrected chi connectivity index (χ0v) is 27.1. The number of hydrogen-bond donors (Lipinski definition) is 1. The summed E-state index contributed by atoms with van der Waals surface area (Å²) in [5.41, 5.74) is 2.35. The molecule has 46 heavy (non-hydrogen) atoms. The highest BCUT2D eigenvalue weighted by Crippen LogP contribution is 2.54. The number of non-ortho nitro benzene ring substituents is 1. The van der Waals surface area contributed by atoms with Crippen LogP contribution >= 0.6 is 34.7 Å². The van der Waals surface area contributed by atoms with Gasteiger partial charge in [0.2, 0.25) is 17.7 Å². The van der Waals surface area contributed by atoms with Crippen LogP contribution in [0.25, 0.3) is 0 Å². The molecular weight excluding hydrogens is 650 g/mol. The van der Waals surface area contributed by atoms with E-state index in [1.54, 1.807) is 24.3 Å². The van der Waals surface area contributed by atoms with Gasteiger partial charge in [-0.05, 0) is 67.9 Å². The number of carbonyl (C=O) groups excluding carboxylic acids is 3. The molecule has 236 valence electrons. The third-order valence-electron chi connectivity index (χ3n) is 8.18.